The lowest BCUT2D eigenvalue weighted by atomic mass is 10.2. The van der Waals surface area contributed by atoms with Crippen molar-refractivity contribution in [1.82, 2.24) is 0 Å². The van der Waals surface area contributed by atoms with Crippen LogP contribution in [0.2, 0.25) is 0 Å². The summed E-state index contributed by atoms with van der Waals surface area (Å²) in [5.74, 6) is 0.389. The molecule has 0 saturated carbocycles. The molecule has 0 amide bonds. The van der Waals surface area contributed by atoms with Gasteiger partial charge < -0.3 is 9.47 Å². The van der Waals surface area contributed by atoms with Gasteiger partial charge >= 0.3 is 5.97 Å². The average molecular weight is 224 g/mol. The number of benzene rings is 1. The van der Waals surface area contributed by atoms with Gasteiger partial charge in [-0.25, -0.2) is 4.79 Å². The highest BCUT2D eigenvalue weighted by Crippen LogP contribution is 2.11. The van der Waals surface area contributed by atoms with Crippen LogP contribution in [-0.4, -0.2) is 20.2 Å². The Morgan fingerprint density at radius 3 is 1.81 bits per heavy atom. The van der Waals surface area contributed by atoms with Crippen molar-refractivity contribution in [3.63, 3.8) is 0 Å². The Balaban J connectivity index is 0. The van der Waals surface area contributed by atoms with E-state index >= 15 is 0 Å². The fourth-order valence-corrected chi connectivity index (χ4v) is 0.845. The maximum Gasteiger partial charge on any atom is 0.337 e. The molecule has 0 fully saturated rings. The molecule has 0 atom stereocenters. The van der Waals surface area contributed by atoms with Gasteiger partial charge in [0, 0.05) is 0 Å². The predicted octanol–water partition coefficient (Wildman–Crippen LogP) is 3.31. The molecule has 3 nitrogen and oxygen atoms in total. The third-order valence-corrected chi connectivity index (χ3v) is 1.51. The molecule has 0 bridgehead atoms. The number of methoxy groups -OCH3 is 2. The van der Waals surface area contributed by atoms with Gasteiger partial charge in [-0.1, -0.05) is 13.8 Å². The highest BCUT2D eigenvalue weighted by Gasteiger charge is 2.03. The summed E-state index contributed by atoms with van der Waals surface area (Å²) >= 11 is 0. The van der Waals surface area contributed by atoms with E-state index in [-0.39, 0.29) is 5.97 Å². The highest BCUT2D eigenvalue weighted by atomic mass is 16.5. The zero-order valence-corrected chi connectivity index (χ0v) is 10.4. The summed E-state index contributed by atoms with van der Waals surface area (Å²) in [5.41, 5.74) is 0.526. The summed E-state index contributed by atoms with van der Waals surface area (Å²) in [6.45, 7) is 10.0. The standard InChI is InChI=1S/C9H10O3.C2H6.C2H4/c1-11-8-5-3-7(4-6-8)9(10)12-2;2*1-2/h3-6H,1-2H3;1-2H3;1-2H2. The molecule has 16 heavy (non-hydrogen) atoms. The van der Waals surface area contributed by atoms with Gasteiger partial charge in [0.15, 0.2) is 0 Å². The van der Waals surface area contributed by atoms with E-state index in [1.807, 2.05) is 13.8 Å². The smallest absolute Gasteiger partial charge is 0.337 e. The van der Waals surface area contributed by atoms with Crippen molar-refractivity contribution < 1.29 is 14.3 Å². The number of rotatable bonds is 2. The SMILES string of the molecule is C=C.CC.COC(=O)c1ccc(OC)cc1. The number of hydrogen-bond donors (Lipinski definition) is 0. The number of ether oxygens (including phenoxy) is 2. The van der Waals surface area contributed by atoms with Gasteiger partial charge in [0.25, 0.3) is 0 Å². The van der Waals surface area contributed by atoms with Crippen LogP contribution < -0.4 is 4.74 Å². The average Bonchev–Trinajstić information content (AvgIpc) is 2.42. The molecule has 0 aliphatic carbocycles. The van der Waals surface area contributed by atoms with Crippen molar-refractivity contribution in [1.29, 1.82) is 0 Å². The van der Waals surface area contributed by atoms with Crippen LogP contribution in [-0.2, 0) is 4.74 Å². The highest BCUT2D eigenvalue weighted by molar-refractivity contribution is 5.89. The second-order valence-corrected chi connectivity index (χ2v) is 2.22. The molecule has 0 saturated heterocycles. The summed E-state index contributed by atoms with van der Waals surface area (Å²) < 4.78 is 9.46. The van der Waals surface area contributed by atoms with Crippen LogP contribution in [0.1, 0.15) is 24.2 Å². The van der Waals surface area contributed by atoms with E-state index < -0.39 is 0 Å². The topological polar surface area (TPSA) is 35.5 Å². The number of carbonyl (C=O) groups excluding carboxylic acids is 1. The molecule has 0 unspecified atom stereocenters. The van der Waals surface area contributed by atoms with Crippen LogP contribution in [0, 0.1) is 0 Å². The number of hydrogen-bond acceptors (Lipinski definition) is 3. The summed E-state index contributed by atoms with van der Waals surface area (Å²) in [6, 6.07) is 6.74. The van der Waals surface area contributed by atoms with Gasteiger partial charge in [-0.05, 0) is 24.3 Å². The summed E-state index contributed by atoms with van der Waals surface area (Å²) in [5, 5.41) is 0. The first kappa shape index (κ1) is 16.7. The summed E-state index contributed by atoms with van der Waals surface area (Å²) in [4.78, 5) is 11.0. The van der Waals surface area contributed by atoms with Crippen molar-refractivity contribution in [2.75, 3.05) is 14.2 Å². The summed E-state index contributed by atoms with van der Waals surface area (Å²) in [6.07, 6.45) is 0. The Labute approximate surface area is 97.7 Å². The minimum atomic E-state index is -0.336. The van der Waals surface area contributed by atoms with E-state index in [0.717, 1.165) is 5.75 Å². The molecule has 3 heteroatoms. The van der Waals surface area contributed by atoms with Crippen LogP contribution in [0.15, 0.2) is 37.4 Å². The molecule has 0 aliphatic rings. The zero-order chi connectivity index (χ0) is 13.0. The number of carbonyl (C=O) groups is 1. The molecule has 0 aromatic heterocycles. The molecule has 0 aliphatic heterocycles. The fraction of sp³-hybridized carbons (Fsp3) is 0.308. The van der Waals surface area contributed by atoms with Crippen LogP contribution in [0.5, 0.6) is 5.75 Å². The minimum Gasteiger partial charge on any atom is -0.497 e. The zero-order valence-electron chi connectivity index (χ0n) is 10.4. The van der Waals surface area contributed by atoms with Crippen molar-refractivity contribution in [3.8, 4) is 5.75 Å². The van der Waals surface area contributed by atoms with E-state index in [1.54, 1.807) is 31.4 Å². The van der Waals surface area contributed by atoms with Gasteiger partial charge in [0.2, 0.25) is 0 Å². The largest absolute Gasteiger partial charge is 0.497 e. The molecule has 0 radical (unpaired) electrons. The maximum absolute atomic E-state index is 11.0. The molecule has 1 rings (SSSR count). The fourth-order valence-electron chi connectivity index (χ4n) is 0.845. The van der Waals surface area contributed by atoms with E-state index in [9.17, 15) is 4.79 Å². The monoisotopic (exact) mass is 224 g/mol. The molecule has 0 heterocycles. The molecule has 1 aromatic rings. The first-order chi connectivity index (χ1) is 7.77. The Morgan fingerprint density at radius 2 is 1.50 bits per heavy atom. The third kappa shape index (κ3) is 5.86. The lowest BCUT2D eigenvalue weighted by Crippen LogP contribution is -2.00. The number of esters is 1. The molecule has 0 N–H and O–H groups in total. The quantitative estimate of drug-likeness (QED) is 0.571. The van der Waals surface area contributed by atoms with Gasteiger partial charge in [-0.3, -0.25) is 0 Å². The Kier molecular flexibility index (Phi) is 11.8. The molecule has 0 spiro atoms. The van der Waals surface area contributed by atoms with Crippen LogP contribution in [0.4, 0.5) is 0 Å². The maximum atomic E-state index is 11.0. The van der Waals surface area contributed by atoms with Crippen molar-refractivity contribution in [2.24, 2.45) is 0 Å². The third-order valence-electron chi connectivity index (χ3n) is 1.51. The first-order valence-electron chi connectivity index (χ1n) is 5.00. The van der Waals surface area contributed by atoms with Gasteiger partial charge in [0.1, 0.15) is 5.75 Å². The van der Waals surface area contributed by atoms with E-state index in [0.29, 0.717) is 5.56 Å². The molecule has 1 aromatic carbocycles. The van der Waals surface area contributed by atoms with Gasteiger partial charge in [-0.15, -0.1) is 13.2 Å². The lowest BCUT2D eigenvalue weighted by molar-refractivity contribution is 0.0600. The van der Waals surface area contributed by atoms with Crippen molar-refractivity contribution in [3.05, 3.63) is 43.0 Å². The molecular weight excluding hydrogens is 204 g/mol. The van der Waals surface area contributed by atoms with E-state index in [1.165, 1.54) is 7.11 Å². The molecular formula is C13H20O3. The van der Waals surface area contributed by atoms with Gasteiger partial charge in [0.05, 0.1) is 19.8 Å². The van der Waals surface area contributed by atoms with Crippen molar-refractivity contribution >= 4 is 5.97 Å². The van der Waals surface area contributed by atoms with E-state index in [4.69, 9.17) is 4.74 Å². The van der Waals surface area contributed by atoms with Crippen LogP contribution >= 0.6 is 0 Å². The normalized spacial score (nSPS) is 7.50. The summed E-state index contributed by atoms with van der Waals surface area (Å²) in [7, 11) is 2.93. The first-order valence-corrected chi connectivity index (χ1v) is 5.00. The van der Waals surface area contributed by atoms with Crippen LogP contribution in [0.3, 0.4) is 0 Å². The molecule has 90 valence electrons. The van der Waals surface area contributed by atoms with Crippen LogP contribution in [0.25, 0.3) is 0 Å². The Morgan fingerprint density at radius 1 is 1.06 bits per heavy atom. The van der Waals surface area contributed by atoms with Crippen molar-refractivity contribution in [2.45, 2.75) is 13.8 Å². The van der Waals surface area contributed by atoms with Gasteiger partial charge in [-0.2, -0.15) is 0 Å². The van der Waals surface area contributed by atoms with E-state index in [2.05, 4.69) is 17.9 Å². The minimum absolute atomic E-state index is 0.336. The predicted molar refractivity (Wildman–Crippen MR) is 66.9 cm³/mol. The Hall–Kier alpha value is -1.77. The second kappa shape index (κ2) is 11.3. The lowest BCUT2D eigenvalue weighted by Gasteiger charge is -2.00. The Bertz CT molecular complexity index is 278. The second-order valence-electron chi connectivity index (χ2n) is 2.22.